The van der Waals surface area contributed by atoms with Crippen molar-refractivity contribution in [1.29, 1.82) is 0 Å². The first-order valence-corrected chi connectivity index (χ1v) is 9.74. The Morgan fingerprint density at radius 3 is 2.64 bits per heavy atom. The van der Waals surface area contributed by atoms with E-state index in [0.717, 1.165) is 15.8 Å². The number of benzene rings is 2. The van der Waals surface area contributed by atoms with Gasteiger partial charge in [-0.1, -0.05) is 60.1 Å². The van der Waals surface area contributed by atoms with Gasteiger partial charge < -0.3 is 4.42 Å². The Morgan fingerprint density at radius 1 is 1.11 bits per heavy atom. The second-order valence-electron chi connectivity index (χ2n) is 6.72. The molecular formula is C22H18BrN3O2. The van der Waals surface area contributed by atoms with Crippen LogP contribution in [0.2, 0.25) is 0 Å². The van der Waals surface area contributed by atoms with Crippen LogP contribution < -0.4 is 5.56 Å². The summed E-state index contributed by atoms with van der Waals surface area (Å²) < 4.78 is 8.02. The van der Waals surface area contributed by atoms with Gasteiger partial charge in [-0.2, -0.15) is 9.78 Å². The van der Waals surface area contributed by atoms with Gasteiger partial charge in [-0.15, -0.1) is 0 Å². The lowest BCUT2D eigenvalue weighted by Crippen LogP contribution is -2.23. The van der Waals surface area contributed by atoms with E-state index in [4.69, 9.17) is 4.42 Å². The Balaban J connectivity index is 1.77. The zero-order valence-corrected chi connectivity index (χ0v) is 17.1. The van der Waals surface area contributed by atoms with Gasteiger partial charge in [-0.3, -0.25) is 4.79 Å². The van der Waals surface area contributed by atoms with Crippen LogP contribution in [0.5, 0.6) is 0 Å². The lowest BCUT2D eigenvalue weighted by atomic mass is 10.2. The van der Waals surface area contributed by atoms with Crippen molar-refractivity contribution < 1.29 is 4.42 Å². The number of nitrogens with zero attached hydrogens (tertiary/aromatic N) is 3. The normalized spacial score (nSPS) is 11.7. The fourth-order valence-electron chi connectivity index (χ4n) is 2.95. The molecule has 4 aromatic rings. The van der Waals surface area contributed by atoms with Gasteiger partial charge in [0.1, 0.15) is 17.3 Å². The van der Waals surface area contributed by atoms with E-state index in [1.54, 1.807) is 12.3 Å². The van der Waals surface area contributed by atoms with Crippen LogP contribution in [0, 0.1) is 0 Å². The molecule has 5 nitrogen and oxygen atoms in total. The molecule has 0 N–H and O–H groups in total. The lowest BCUT2D eigenvalue weighted by Gasteiger charge is -2.11. The molecule has 0 atom stereocenters. The van der Waals surface area contributed by atoms with Crippen LogP contribution in [-0.2, 0) is 0 Å². The Morgan fingerprint density at radius 2 is 1.89 bits per heavy atom. The minimum absolute atomic E-state index is 0.0365. The van der Waals surface area contributed by atoms with Crippen molar-refractivity contribution in [3.05, 3.63) is 87.1 Å². The molecule has 140 valence electrons. The first-order valence-electron chi connectivity index (χ1n) is 8.95. The zero-order valence-electron chi connectivity index (χ0n) is 15.5. The van der Waals surface area contributed by atoms with E-state index in [1.165, 1.54) is 4.68 Å². The van der Waals surface area contributed by atoms with Gasteiger partial charge in [-0.25, -0.2) is 4.98 Å². The third kappa shape index (κ3) is 3.55. The third-order valence-corrected chi connectivity index (χ3v) is 4.83. The summed E-state index contributed by atoms with van der Waals surface area (Å²) in [5, 5.41) is 4.91. The van der Waals surface area contributed by atoms with E-state index in [2.05, 4.69) is 26.0 Å². The molecule has 0 unspecified atom stereocenters. The van der Waals surface area contributed by atoms with Gasteiger partial charge in [0.2, 0.25) is 0 Å². The molecule has 2 aromatic heterocycles. The third-order valence-electron chi connectivity index (χ3n) is 4.34. The standard InChI is InChI=1S/C22H18BrN3O2/c1-14(2)21-25-19-10-8-16(23)12-18(19)22(27)26(21)24-13-17-9-11-20(28-17)15-6-4-3-5-7-15/h3-14H,1-2H3. The summed E-state index contributed by atoms with van der Waals surface area (Å²) in [5.74, 6) is 1.95. The van der Waals surface area contributed by atoms with E-state index < -0.39 is 0 Å². The predicted molar refractivity (Wildman–Crippen MR) is 115 cm³/mol. The van der Waals surface area contributed by atoms with Gasteiger partial charge in [-0.05, 0) is 30.3 Å². The second-order valence-corrected chi connectivity index (χ2v) is 7.63. The van der Waals surface area contributed by atoms with Crippen LogP contribution in [0.15, 0.2) is 79.4 Å². The van der Waals surface area contributed by atoms with Crippen LogP contribution in [0.4, 0.5) is 0 Å². The van der Waals surface area contributed by atoms with Crippen molar-refractivity contribution in [2.24, 2.45) is 5.10 Å². The summed E-state index contributed by atoms with van der Waals surface area (Å²) in [6.45, 7) is 3.97. The van der Waals surface area contributed by atoms with Gasteiger partial charge in [0.25, 0.3) is 5.56 Å². The molecule has 0 aliphatic heterocycles. The SMILES string of the molecule is CC(C)c1nc2ccc(Br)cc2c(=O)n1N=Cc1ccc(-c2ccccc2)o1. The number of rotatable bonds is 4. The number of hydrogen-bond donors (Lipinski definition) is 0. The molecule has 0 amide bonds. The van der Waals surface area contributed by atoms with Crippen LogP contribution in [0.25, 0.3) is 22.2 Å². The molecular weight excluding hydrogens is 418 g/mol. The Kier molecular flexibility index (Phi) is 4.96. The molecule has 0 saturated heterocycles. The fourth-order valence-corrected chi connectivity index (χ4v) is 3.31. The lowest BCUT2D eigenvalue weighted by molar-refractivity contribution is 0.573. The average molecular weight is 436 g/mol. The number of fused-ring (bicyclic) bond motifs is 1. The first kappa shape index (κ1) is 18.4. The molecule has 0 aliphatic carbocycles. The summed E-state index contributed by atoms with van der Waals surface area (Å²) in [7, 11) is 0. The molecule has 6 heteroatoms. The van der Waals surface area contributed by atoms with Gasteiger partial charge in [0, 0.05) is 16.0 Å². The van der Waals surface area contributed by atoms with Gasteiger partial charge >= 0.3 is 0 Å². The van der Waals surface area contributed by atoms with Crippen LogP contribution in [0.3, 0.4) is 0 Å². The second kappa shape index (κ2) is 7.56. The molecule has 0 spiro atoms. The van der Waals surface area contributed by atoms with Crippen LogP contribution >= 0.6 is 15.9 Å². The van der Waals surface area contributed by atoms with Gasteiger partial charge in [0.15, 0.2) is 0 Å². The minimum atomic E-state index is -0.207. The summed E-state index contributed by atoms with van der Waals surface area (Å²) >= 11 is 3.41. The monoisotopic (exact) mass is 435 g/mol. The molecule has 0 aliphatic rings. The van der Waals surface area contributed by atoms with E-state index in [1.807, 2.05) is 68.4 Å². The smallest absolute Gasteiger partial charge is 0.282 e. The predicted octanol–water partition coefficient (Wildman–Crippen LogP) is 5.42. The average Bonchev–Trinajstić information content (AvgIpc) is 3.17. The van der Waals surface area contributed by atoms with E-state index in [0.29, 0.717) is 22.5 Å². The van der Waals surface area contributed by atoms with E-state index in [-0.39, 0.29) is 11.5 Å². The summed E-state index contributed by atoms with van der Waals surface area (Å²) in [6.07, 6.45) is 1.55. The summed E-state index contributed by atoms with van der Waals surface area (Å²) in [5.41, 5.74) is 1.44. The van der Waals surface area contributed by atoms with Crippen molar-refractivity contribution in [2.75, 3.05) is 0 Å². The molecule has 0 radical (unpaired) electrons. The van der Waals surface area contributed by atoms with Crippen molar-refractivity contribution in [2.45, 2.75) is 19.8 Å². The Labute approximate surface area is 170 Å². The highest BCUT2D eigenvalue weighted by molar-refractivity contribution is 9.10. The minimum Gasteiger partial charge on any atom is -0.455 e. The number of furan rings is 1. The molecule has 0 saturated carbocycles. The highest BCUT2D eigenvalue weighted by Gasteiger charge is 2.14. The fraction of sp³-hybridized carbons (Fsp3) is 0.136. The molecule has 2 aromatic carbocycles. The highest BCUT2D eigenvalue weighted by Crippen LogP contribution is 2.21. The number of halogens is 1. The van der Waals surface area contributed by atoms with Crippen LogP contribution in [-0.4, -0.2) is 15.9 Å². The van der Waals surface area contributed by atoms with E-state index in [9.17, 15) is 4.79 Å². The van der Waals surface area contributed by atoms with Crippen LogP contribution in [0.1, 0.15) is 31.4 Å². The maximum atomic E-state index is 13.0. The molecule has 28 heavy (non-hydrogen) atoms. The molecule has 0 bridgehead atoms. The summed E-state index contributed by atoms with van der Waals surface area (Å²) in [6, 6.07) is 19.0. The Bertz CT molecular complexity index is 1220. The van der Waals surface area contributed by atoms with Gasteiger partial charge in [0.05, 0.1) is 17.1 Å². The van der Waals surface area contributed by atoms with Crippen molar-refractivity contribution >= 4 is 33.0 Å². The van der Waals surface area contributed by atoms with Crippen molar-refractivity contribution in [3.63, 3.8) is 0 Å². The number of aromatic nitrogens is 2. The zero-order chi connectivity index (χ0) is 19.7. The maximum Gasteiger partial charge on any atom is 0.282 e. The largest absolute Gasteiger partial charge is 0.455 e. The number of hydrogen-bond acceptors (Lipinski definition) is 4. The molecule has 2 heterocycles. The summed E-state index contributed by atoms with van der Waals surface area (Å²) in [4.78, 5) is 17.7. The van der Waals surface area contributed by atoms with Crippen molar-refractivity contribution in [1.82, 2.24) is 9.66 Å². The molecule has 4 rings (SSSR count). The topological polar surface area (TPSA) is 60.4 Å². The molecule has 0 fully saturated rings. The quantitative estimate of drug-likeness (QED) is 0.401. The highest BCUT2D eigenvalue weighted by atomic mass is 79.9. The first-order chi connectivity index (χ1) is 13.5. The van der Waals surface area contributed by atoms with E-state index >= 15 is 0 Å². The Hall–Kier alpha value is -2.99. The van der Waals surface area contributed by atoms with Crippen molar-refractivity contribution in [3.8, 4) is 11.3 Å². The maximum absolute atomic E-state index is 13.0.